The molecule has 7 heteroatoms. The zero-order valence-electron chi connectivity index (χ0n) is 11.6. The molecular weight excluding hydrogens is 282 g/mol. The Labute approximate surface area is 121 Å². The molecule has 0 bridgehead atoms. The largest absolute Gasteiger partial charge is 0.495 e. The Hall–Kier alpha value is -1.79. The van der Waals surface area contributed by atoms with Crippen LogP contribution in [0.25, 0.3) is 5.69 Å². The van der Waals surface area contributed by atoms with E-state index in [0.29, 0.717) is 34.3 Å². The lowest BCUT2D eigenvalue weighted by Gasteiger charge is -2.13. The van der Waals surface area contributed by atoms with Crippen LogP contribution in [0, 0.1) is 0 Å². The summed E-state index contributed by atoms with van der Waals surface area (Å²) in [6, 6.07) is 3.39. The van der Waals surface area contributed by atoms with Gasteiger partial charge in [-0.1, -0.05) is 23.7 Å². The van der Waals surface area contributed by atoms with Crippen LogP contribution in [0.1, 0.15) is 18.3 Å². The molecule has 0 radical (unpaired) electrons. The Morgan fingerprint density at radius 1 is 1.25 bits per heavy atom. The second kappa shape index (κ2) is 6.11. The molecule has 1 N–H and O–H groups in total. The van der Waals surface area contributed by atoms with Crippen LogP contribution >= 0.6 is 11.6 Å². The normalized spacial score (nSPS) is 10.7. The van der Waals surface area contributed by atoms with Gasteiger partial charge in [0.05, 0.1) is 31.5 Å². The van der Waals surface area contributed by atoms with E-state index in [1.807, 2.05) is 6.92 Å². The van der Waals surface area contributed by atoms with Crippen molar-refractivity contribution in [2.24, 2.45) is 0 Å². The van der Waals surface area contributed by atoms with E-state index in [0.717, 1.165) is 5.69 Å². The molecule has 2 aromatic rings. The van der Waals surface area contributed by atoms with E-state index in [1.54, 1.807) is 31.0 Å². The predicted octanol–water partition coefficient (Wildman–Crippen LogP) is 1.99. The van der Waals surface area contributed by atoms with Crippen LogP contribution in [-0.4, -0.2) is 34.3 Å². The number of aliphatic hydroxyl groups is 1. The summed E-state index contributed by atoms with van der Waals surface area (Å²) in [6.07, 6.45) is 0.678. The monoisotopic (exact) mass is 297 g/mol. The van der Waals surface area contributed by atoms with Crippen LogP contribution in [-0.2, 0) is 13.0 Å². The van der Waals surface area contributed by atoms with Crippen LogP contribution in [0.2, 0.25) is 5.02 Å². The number of halogens is 1. The Kier molecular flexibility index (Phi) is 4.46. The second-order valence-corrected chi connectivity index (χ2v) is 4.47. The van der Waals surface area contributed by atoms with Crippen molar-refractivity contribution in [1.29, 1.82) is 0 Å². The zero-order valence-corrected chi connectivity index (χ0v) is 12.3. The molecule has 1 aromatic carbocycles. The summed E-state index contributed by atoms with van der Waals surface area (Å²) in [7, 11) is 3.09. The van der Waals surface area contributed by atoms with Gasteiger partial charge in [-0.2, -0.15) is 0 Å². The van der Waals surface area contributed by atoms with E-state index >= 15 is 0 Å². The summed E-state index contributed by atoms with van der Waals surface area (Å²) in [4.78, 5) is 0. The highest BCUT2D eigenvalue weighted by atomic mass is 35.5. The highest BCUT2D eigenvalue weighted by molar-refractivity contribution is 6.32. The minimum atomic E-state index is -0.157. The van der Waals surface area contributed by atoms with Gasteiger partial charge in [-0.05, 0) is 6.42 Å². The molecule has 0 atom stereocenters. The maximum absolute atomic E-state index is 9.29. The van der Waals surface area contributed by atoms with Crippen molar-refractivity contribution >= 4 is 11.6 Å². The summed E-state index contributed by atoms with van der Waals surface area (Å²) in [5.41, 5.74) is 2.02. The summed E-state index contributed by atoms with van der Waals surface area (Å²) in [5.74, 6) is 1.07. The smallest absolute Gasteiger partial charge is 0.146 e. The molecule has 0 aliphatic heterocycles. The minimum Gasteiger partial charge on any atom is -0.495 e. The quantitative estimate of drug-likeness (QED) is 0.914. The lowest BCUT2D eigenvalue weighted by Crippen LogP contribution is -2.05. The van der Waals surface area contributed by atoms with E-state index in [9.17, 15) is 5.11 Å². The van der Waals surface area contributed by atoms with Crippen molar-refractivity contribution in [2.45, 2.75) is 20.0 Å². The Morgan fingerprint density at radius 2 is 1.95 bits per heavy atom. The van der Waals surface area contributed by atoms with Crippen molar-refractivity contribution in [3.05, 3.63) is 28.5 Å². The molecule has 20 heavy (non-hydrogen) atoms. The molecule has 0 spiro atoms. The number of nitrogens with zero attached hydrogens (tertiary/aromatic N) is 3. The van der Waals surface area contributed by atoms with Crippen LogP contribution in [0.5, 0.6) is 11.5 Å². The molecule has 0 saturated carbocycles. The second-order valence-electron chi connectivity index (χ2n) is 4.06. The molecule has 0 fully saturated rings. The summed E-state index contributed by atoms with van der Waals surface area (Å²) >= 11 is 6.08. The van der Waals surface area contributed by atoms with Crippen molar-refractivity contribution in [3.8, 4) is 17.2 Å². The number of aromatic nitrogens is 3. The standard InChI is InChI=1S/C13H16ClN3O3/c1-4-10-9(7-18)15-16-17(10)11-6-12(19-2)8(14)5-13(11)20-3/h5-6,18H,4,7H2,1-3H3. The lowest BCUT2D eigenvalue weighted by atomic mass is 10.2. The van der Waals surface area contributed by atoms with Crippen molar-refractivity contribution < 1.29 is 14.6 Å². The maximum atomic E-state index is 9.29. The van der Waals surface area contributed by atoms with E-state index in [1.165, 1.54) is 0 Å². The Bertz CT molecular complexity index is 613. The predicted molar refractivity (Wildman–Crippen MR) is 74.8 cm³/mol. The van der Waals surface area contributed by atoms with Gasteiger partial charge in [0, 0.05) is 12.1 Å². The molecular formula is C13H16ClN3O3. The minimum absolute atomic E-state index is 0.157. The number of hydrogen-bond acceptors (Lipinski definition) is 5. The summed E-state index contributed by atoms with van der Waals surface area (Å²) < 4.78 is 12.2. The first-order valence-corrected chi connectivity index (χ1v) is 6.50. The maximum Gasteiger partial charge on any atom is 0.146 e. The van der Waals surface area contributed by atoms with Crippen LogP contribution < -0.4 is 9.47 Å². The molecule has 6 nitrogen and oxygen atoms in total. The molecule has 0 saturated heterocycles. The van der Waals surface area contributed by atoms with Gasteiger partial charge in [-0.15, -0.1) is 5.10 Å². The number of ether oxygens (including phenoxy) is 2. The molecule has 0 aliphatic rings. The van der Waals surface area contributed by atoms with Crippen molar-refractivity contribution in [2.75, 3.05) is 14.2 Å². The van der Waals surface area contributed by atoms with Gasteiger partial charge in [-0.3, -0.25) is 0 Å². The van der Waals surface area contributed by atoms with E-state index in [4.69, 9.17) is 21.1 Å². The highest BCUT2D eigenvalue weighted by Crippen LogP contribution is 2.35. The highest BCUT2D eigenvalue weighted by Gasteiger charge is 2.17. The fraction of sp³-hybridized carbons (Fsp3) is 0.385. The fourth-order valence-corrected chi connectivity index (χ4v) is 2.24. The van der Waals surface area contributed by atoms with Gasteiger partial charge < -0.3 is 14.6 Å². The number of rotatable bonds is 5. The Morgan fingerprint density at radius 3 is 2.50 bits per heavy atom. The summed E-state index contributed by atoms with van der Waals surface area (Å²) in [6.45, 7) is 1.81. The lowest BCUT2D eigenvalue weighted by molar-refractivity contribution is 0.275. The van der Waals surface area contributed by atoms with Gasteiger partial charge in [0.15, 0.2) is 0 Å². The zero-order chi connectivity index (χ0) is 14.7. The first-order chi connectivity index (χ1) is 9.65. The first kappa shape index (κ1) is 14.6. The number of aliphatic hydroxyl groups excluding tert-OH is 1. The molecule has 0 unspecified atom stereocenters. The van der Waals surface area contributed by atoms with E-state index in [-0.39, 0.29) is 6.61 Å². The Balaban J connectivity index is 2.65. The fourth-order valence-electron chi connectivity index (χ4n) is 2.01. The molecule has 0 aliphatic carbocycles. The molecule has 1 aromatic heterocycles. The van der Waals surface area contributed by atoms with Crippen LogP contribution in [0.15, 0.2) is 12.1 Å². The molecule has 2 rings (SSSR count). The van der Waals surface area contributed by atoms with E-state index in [2.05, 4.69) is 10.3 Å². The van der Waals surface area contributed by atoms with Gasteiger partial charge in [0.1, 0.15) is 22.9 Å². The third-order valence-corrected chi connectivity index (χ3v) is 3.31. The van der Waals surface area contributed by atoms with Gasteiger partial charge >= 0.3 is 0 Å². The number of methoxy groups -OCH3 is 2. The molecule has 1 heterocycles. The van der Waals surface area contributed by atoms with Crippen LogP contribution in [0.3, 0.4) is 0 Å². The third kappa shape index (κ3) is 2.44. The van der Waals surface area contributed by atoms with Gasteiger partial charge in [0.2, 0.25) is 0 Å². The molecule has 0 amide bonds. The van der Waals surface area contributed by atoms with Gasteiger partial charge in [-0.25, -0.2) is 4.68 Å². The number of hydrogen-bond donors (Lipinski definition) is 1. The summed E-state index contributed by atoms with van der Waals surface area (Å²) in [5, 5.41) is 17.8. The van der Waals surface area contributed by atoms with Crippen molar-refractivity contribution in [3.63, 3.8) is 0 Å². The average molecular weight is 298 g/mol. The SMILES string of the molecule is CCc1c(CO)nnn1-c1cc(OC)c(Cl)cc1OC. The molecule has 108 valence electrons. The van der Waals surface area contributed by atoms with Gasteiger partial charge in [0.25, 0.3) is 0 Å². The topological polar surface area (TPSA) is 69.4 Å². The average Bonchev–Trinajstić information content (AvgIpc) is 2.89. The van der Waals surface area contributed by atoms with Crippen molar-refractivity contribution in [1.82, 2.24) is 15.0 Å². The number of benzene rings is 1. The van der Waals surface area contributed by atoms with E-state index < -0.39 is 0 Å². The third-order valence-electron chi connectivity index (χ3n) is 3.01. The van der Waals surface area contributed by atoms with Crippen LogP contribution in [0.4, 0.5) is 0 Å². The first-order valence-electron chi connectivity index (χ1n) is 6.12.